The lowest BCUT2D eigenvalue weighted by atomic mass is 9.94. The number of unbranched alkanes of at least 4 members (excludes halogenated alkanes) is 2. The zero-order valence-electron chi connectivity index (χ0n) is 9.39. The number of carbonyl (C=O) groups is 1. The van der Waals surface area contributed by atoms with Gasteiger partial charge in [0.05, 0.1) is 0 Å². The van der Waals surface area contributed by atoms with Gasteiger partial charge in [0.2, 0.25) is 0 Å². The molecule has 0 bridgehead atoms. The minimum Gasteiger partial charge on any atom is -0.371 e. The van der Waals surface area contributed by atoms with Gasteiger partial charge in [-0.05, 0) is 12.8 Å². The van der Waals surface area contributed by atoms with Crippen LogP contribution in [0.25, 0.3) is 0 Å². The molecule has 0 fully saturated rings. The number of Topliss-reactive ketones (excluding diaryl/α,β-unsaturated/α-hetero) is 1. The highest BCUT2D eigenvalue weighted by Gasteiger charge is 2.29. The van der Waals surface area contributed by atoms with E-state index in [1.165, 1.54) is 0 Å². The molecule has 0 rings (SSSR count). The van der Waals surface area contributed by atoms with Crippen LogP contribution in [0.1, 0.15) is 52.9 Å². The van der Waals surface area contributed by atoms with Crippen molar-refractivity contribution in [1.29, 1.82) is 0 Å². The van der Waals surface area contributed by atoms with Gasteiger partial charge in [0, 0.05) is 12.8 Å². The van der Waals surface area contributed by atoms with E-state index in [-0.39, 0.29) is 5.78 Å². The number of aliphatic hydroxyl groups is 1. The molecule has 1 N–H and O–H groups in total. The molecule has 0 aromatic carbocycles. The average molecular weight is 196 g/mol. The van der Waals surface area contributed by atoms with E-state index in [0.29, 0.717) is 12.8 Å². The number of ketones is 1. The Balaban J connectivity index is 4.36. The van der Waals surface area contributed by atoms with Crippen LogP contribution < -0.4 is 0 Å². The molecule has 0 amide bonds. The summed E-state index contributed by atoms with van der Waals surface area (Å²) in [5.41, 5.74) is -1.40. The fourth-order valence-electron chi connectivity index (χ4n) is 1.12. The predicted octanol–water partition coefficient (Wildman–Crippen LogP) is 2.30. The van der Waals surface area contributed by atoms with Gasteiger partial charge in [0.25, 0.3) is 0 Å². The van der Waals surface area contributed by atoms with Crippen LogP contribution in [0.3, 0.4) is 0 Å². The fourth-order valence-corrected chi connectivity index (χ4v) is 1.12. The molecule has 0 aliphatic rings. The molecule has 0 spiro atoms. The molecule has 14 heavy (non-hydrogen) atoms. The van der Waals surface area contributed by atoms with Gasteiger partial charge < -0.3 is 5.11 Å². The number of carbonyl (C=O) groups excluding carboxylic acids is 1. The van der Waals surface area contributed by atoms with E-state index >= 15 is 0 Å². The highest BCUT2D eigenvalue weighted by atomic mass is 16.3. The summed E-state index contributed by atoms with van der Waals surface area (Å²) >= 11 is 0. The lowest BCUT2D eigenvalue weighted by Crippen LogP contribution is -2.35. The predicted molar refractivity (Wildman–Crippen MR) is 57.8 cm³/mol. The summed E-state index contributed by atoms with van der Waals surface area (Å²) in [5, 5.41) is 9.86. The molecule has 0 radical (unpaired) electrons. The SMILES string of the molecule is CCCCC#CC(O)(CC)C(=O)CC. The molecule has 1 atom stereocenters. The van der Waals surface area contributed by atoms with E-state index in [1.807, 2.05) is 0 Å². The number of rotatable bonds is 5. The Kier molecular flexibility index (Phi) is 6.23. The van der Waals surface area contributed by atoms with E-state index in [0.717, 1.165) is 19.3 Å². The Morgan fingerprint density at radius 1 is 1.36 bits per heavy atom. The Labute approximate surface area is 86.7 Å². The first-order chi connectivity index (χ1) is 6.60. The third kappa shape index (κ3) is 3.93. The van der Waals surface area contributed by atoms with Crippen molar-refractivity contribution in [1.82, 2.24) is 0 Å². The van der Waals surface area contributed by atoms with Crippen LogP contribution in [0.2, 0.25) is 0 Å². The molecule has 0 aromatic heterocycles. The lowest BCUT2D eigenvalue weighted by molar-refractivity contribution is -0.132. The lowest BCUT2D eigenvalue weighted by Gasteiger charge is -2.17. The molecule has 2 heteroatoms. The molecule has 2 nitrogen and oxygen atoms in total. The van der Waals surface area contributed by atoms with E-state index in [4.69, 9.17) is 0 Å². The van der Waals surface area contributed by atoms with Crippen molar-refractivity contribution in [3.05, 3.63) is 0 Å². The van der Waals surface area contributed by atoms with E-state index in [1.54, 1.807) is 13.8 Å². The number of hydrogen-bond acceptors (Lipinski definition) is 2. The van der Waals surface area contributed by atoms with Gasteiger partial charge in [-0.25, -0.2) is 0 Å². The van der Waals surface area contributed by atoms with Crippen LogP contribution in [-0.2, 0) is 4.79 Å². The molecule has 0 aromatic rings. The monoisotopic (exact) mass is 196 g/mol. The second-order valence-electron chi connectivity index (χ2n) is 3.40. The summed E-state index contributed by atoms with van der Waals surface area (Å²) < 4.78 is 0. The van der Waals surface area contributed by atoms with Crippen molar-refractivity contribution >= 4 is 5.78 Å². The summed E-state index contributed by atoms with van der Waals surface area (Å²) in [6, 6.07) is 0. The molecule has 0 heterocycles. The highest BCUT2D eigenvalue weighted by Crippen LogP contribution is 2.12. The van der Waals surface area contributed by atoms with Crippen molar-refractivity contribution < 1.29 is 9.90 Å². The van der Waals surface area contributed by atoms with Crippen LogP contribution in [0.15, 0.2) is 0 Å². The van der Waals surface area contributed by atoms with Gasteiger partial charge in [-0.3, -0.25) is 4.79 Å². The van der Waals surface area contributed by atoms with E-state index < -0.39 is 5.60 Å². The summed E-state index contributed by atoms with van der Waals surface area (Å²) in [4.78, 5) is 11.4. The fraction of sp³-hybridized carbons (Fsp3) is 0.750. The molecule has 0 aliphatic heterocycles. The first kappa shape index (κ1) is 13.2. The number of hydrogen-bond donors (Lipinski definition) is 1. The molecular weight excluding hydrogens is 176 g/mol. The minimum atomic E-state index is -1.40. The standard InChI is InChI=1S/C12H20O2/c1-4-7-8-9-10-12(14,6-3)11(13)5-2/h14H,4-8H2,1-3H3. The van der Waals surface area contributed by atoms with Gasteiger partial charge in [-0.2, -0.15) is 0 Å². The van der Waals surface area contributed by atoms with Crippen LogP contribution in [0.5, 0.6) is 0 Å². The van der Waals surface area contributed by atoms with Gasteiger partial charge in [0.15, 0.2) is 11.4 Å². The first-order valence-electron chi connectivity index (χ1n) is 5.36. The summed E-state index contributed by atoms with van der Waals surface area (Å²) in [7, 11) is 0. The first-order valence-corrected chi connectivity index (χ1v) is 5.36. The summed E-state index contributed by atoms with van der Waals surface area (Å²) in [5.74, 6) is 5.38. The van der Waals surface area contributed by atoms with Crippen LogP contribution in [0, 0.1) is 11.8 Å². The van der Waals surface area contributed by atoms with Crippen LogP contribution in [-0.4, -0.2) is 16.5 Å². The third-order valence-corrected chi connectivity index (χ3v) is 2.24. The summed E-state index contributed by atoms with van der Waals surface area (Å²) in [6.45, 7) is 5.61. The smallest absolute Gasteiger partial charge is 0.183 e. The molecule has 0 saturated heterocycles. The Morgan fingerprint density at radius 3 is 2.43 bits per heavy atom. The van der Waals surface area contributed by atoms with Gasteiger partial charge in [-0.1, -0.05) is 39.0 Å². The maximum Gasteiger partial charge on any atom is 0.183 e. The van der Waals surface area contributed by atoms with Crippen molar-refractivity contribution in [3.8, 4) is 11.8 Å². The largest absolute Gasteiger partial charge is 0.371 e. The zero-order valence-corrected chi connectivity index (χ0v) is 9.39. The Bertz CT molecular complexity index is 234. The topological polar surface area (TPSA) is 37.3 Å². The van der Waals surface area contributed by atoms with Crippen LogP contribution in [0.4, 0.5) is 0 Å². The average Bonchev–Trinajstić information content (AvgIpc) is 2.22. The van der Waals surface area contributed by atoms with Crippen molar-refractivity contribution in [2.24, 2.45) is 0 Å². The second kappa shape index (κ2) is 6.62. The van der Waals surface area contributed by atoms with E-state index in [2.05, 4.69) is 18.8 Å². The van der Waals surface area contributed by atoms with Gasteiger partial charge in [0.1, 0.15) is 0 Å². The molecule has 80 valence electrons. The van der Waals surface area contributed by atoms with Gasteiger partial charge in [-0.15, -0.1) is 0 Å². The third-order valence-electron chi connectivity index (χ3n) is 2.24. The maximum absolute atomic E-state index is 11.4. The highest BCUT2D eigenvalue weighted by molar-refractivity contribution is 5.90. The van der Waals surface area contributed by atoms with Gasteiger partial charge >= 0.3 is 0 Å². The Hall–Kier alpha value is -0.810. The Morgan fingerprint density at radius 2 is 2.00 bits per heavy atom. The van der Waals surface area contributed by atoms with Crippen molar-refractivity contribution in [2.45, 2.75) is 58.5 Å². The zero-order chi connectivity index (χ0) is 11.0. The minimum absolute atomic E-state index is 0.177. The van der Waals surface area contributed by atoms with Crippen molar-refractivity contribution in [2.75, 3.05) is 0 Å². The second-order valence-corrected chi connectivity index (χ2v) is 3.40. The van der Waals surface area contributed by atoms with Crippen molar-refractivity contribution in [3.63, 3.8) is 0 Å². The molecule has 1 unspecified atom stereocenters. The molecule has 0 aliphatic carbocycles. The normalized spacial score (nSPS) is 14.0. The summed E-state index contributed by atoms with van der Waals surface area (Å²) in [6.07, 6.45) is 3.58. The quantitative estimate of drug-likeness (QED) is 0.541. The molecular formula is C12H20O2. The molecule has 0 saturated carbocycles. The maximum atomic E-state index is 11.4. The van der Waals surface area contributed by atoms with Crippen LogP contribution >= 0.6 is 0 Å². The van der Waals surface area contributed by atoms with E-state index in [9.17, 15) is 9.90 Å².